The van der Waals surface area contributed by atoms with Crippen molar-refractivity contribution < 1.29 is 4.74 Å². The zero-order valence-electron chi connectivity index (χ0n) is 11.2. The fraction of sp³-hybridized carbons (Fsp3) is 0.667. The maximum absolute atomic E-state index is 11.8. The van der Waals surface area contributed by atoms with E-state index >= 15 is 0 Å². The summed E-state index contributed by atoms with van der Waals surface area (Å²) < 4.78 is 7.02. The van der Waals surface area contributed by atoms with Crippen LogP contribution >= 0.6 is 0 Å². The highest BCUT2D eigenvalue weighted by Gasteiger charge is 2.28. The summed E-state index contributed by atoms with van der Waals surface area (Å²) in [5.74, 6) is 0. The zero-order valence-corrected chi connectivity index (χ0v) is 11.2. The number of hydrogen-bond donors (Lipinski definition) is 1. The van der Waals surface area contributed by atoms with Gasteiger partial charge in [-0.2, -0.15) is 0 Å². The van der Waals surface area contributed by atoms with Gasteiger partial charge in [0.05, 0.1) is 18.0 Å². The molecular weight excluding hydrogens is 218 g/mol. The fourth-order valence-corrected chi connectivity index (χ4v) is 1.65. The monoisotopic (exact) mass is 239 g/mol. The maximum Gasteiger partial charge on any atom is 0.253 e. The lowest BCUT2D eigenvalue weighted by Crippen LogP contribution is -2.50. The van der Waals surface area contributed by atoms with Gasteiger partial charge in [0.25, 0.3) is 5.56 Å². The van der Waals surface area contributed by atoms with Crippen LogP contribution in [0.15, 0.2) is 17.2 Å². The Morgan fingerprint density at radius 3 is 2.71 bits per heavy atom. The molecule has 0 bridgehead atoms. The van der Waals surface area contributed by atoms with Crippen molar-refractivity contribution in [1.29, 1.82) is 0 Å². The van der Waals surface area contributed by atoms with Gasteiger partial charge in [0.15, 0.2) is 0 Å². The van der Waals surface area contributed by atoms with Crippen molar-refractivity contribution >= 4 is 0 Å². The molecule has 0 fully saturated rings. The lowest BCUT2D eigenvalue weighted by Gasteiger charge is -2.33. The average molecular weight is 239 g/mol. The number of likely N-dealkylation sites (N-methyl/N-ethyl adjacent to an activating group) is 1. The van der Waals surface area contributed by atoms with E-state index in [2.05, 4.69) is 10.3 Å². The molecule has 1 rings (SSSR count). The van der Waals surface area contributed by atoms with Gasteiger partial charge in [0.1, 0.15) is 0 Å². The third-order valence-corrected chi connectivity index (χ3v) is 3.11. The molecule has 0 amide bonds. The molecule has 1 N–H and O–H groups in total. The van der Waals surface area contributed by atoms with Crippen LogP contribution in [-0.2, 0) is 11.3 Å². The molecule has 0 spiro atoms. The number of methoxy groups -OCH3 is 1. The van der Waals surface area contributed by atoms with Crippen molar-refractivity contribution in [1.82, 2.24) is 14.9 Å². The van der Waals surface area contributed by atoms with E-state index in [-0.39, 0.29) is 17.2 Å². The van der Waals surface area contributed by atoms with E-state index in [1.807, 2.05) is 20.9 Å². The number of aryl methyl sites for hydroxylation is 1. The molecular formula is C12H21N3O2. The van der Waals surface area contributed by atoms with Gasteiger partial charge >= 0.3 is 0 Å². The summed E-state index contributed by atoms with van der Waals surface area (Å²) in [7, 11) is 3.53. The summed E-state index contributed by atoms with van der Waals surface area (Å²) in [6, 6.07) is 1.57. The molecule has 0 saturated carbocycles. The molecule has 5 nitrogen and oxygen atoms in total. The van der Waals surface area contributed by atoms with Crippen LogP contribution in [0, 0.1) is 6.92 Å². The lowest BCUT2D eigenvalue weighted by molar-refractivity contribution is -0.0131. The smallest absolute Gasteiger partial charge is 0.253 e. The lowest BCUT2D eigenvalue weighted by atomic mass is 9.98. The largest absolute Gasteiger partial charge is 0.377 e. The summed E-state index contributed by atoms with van der Waals surface area (Å²) in [5, 5.41) is 3.17. The molecule has 5 heteroatoms. The summed E-state index contributed by atoms with van der Waals surface area (Å²) >= 11 is 0. The molecule has 1 atom stereocenters. The molecule has 1 aromatic heterocycles. The molecule has 96 valence electrons. The van der Waals surface area contributed by atoms with E-state index in [4.69, 9.17) is 4.74 Å². The Balaban J connectivity index is 2.92. The highest BCUT2D eigenvalue weighted by molar-refractivity contribution is 4.97. The SMILES string of the molecule is CNC(Cn1cnc(C)cc1=O)C(C)(C)OC. The van der Waals surface area contributed by atoms with Crippen LogP contribution in [0.25, 0.3) is 0 Å². The number of nitrogens with one attached hydrogen (secondary N) is 1. The second-order valence-electron chi connectivity index (χ2n) is 4.67. The minimum atomic E-state index is -0.348. The predicted octanol–water partition coefficient (Wildman–Crippen LogP) is 0.565. The maximum atomic E-state index is 11.8. The van der Waals surface area contributed by atoms with E-state index < -0.39 is 0 Å². The highest BCUT2D eigenvalue weighted by Crippen LogP contribution is 2.14. The molecule has 0 aromatic carbocycles. The van der Waals surface area contributed by atoms with Crippen molar-refractivity contribution in [3.05, 3.63) is 28.4 Å². The Kier molecular flexibility index (Phi) is 4.42. The Morgan fingerprint density at radius 2 is 2.24 bits per heavy atom. The van der Waals surface area contributed by atoms with E-state index in [0.717, 1.165) is 5.69 Å². The fourth-order valence-electron chi connectivity index (χ4n) is 1.65. The highest BCUT2D eigenvalue weighted by atomic mass is 16.5. The number of hydrogen-bond acceptors (Lipinski definition) is 4. The third kappa shape index (κ3) is 3.38. The van der Waals surface area contributed by atoms with E-state index in [1.165, 1.54) is 6.07 Å². The van der Waals surface area contributed by atoms with Crippen molar-refractivity contribution in [2.45, 2.75) is 39.0 Å². The quantitative estimate of drug-likeness (QED) is 0.816. The number of ether oxygens (including phenoxy) is 1. The van der Waals surface area contributed by atoms with Gasteiger partial charge in [-0.15, -0.1) is 0 Å². The van der Waals surface area contributed by atoms with Crippen LogP contribution in [0.1, 0.15) is 19.5 Å². The first-order chi connectivity index (χ1) is 7.90. The molecule has 0 radical (unpaired) electrons. The Labute approximate surface area is 102 Å². The van der Waals surface area contributed by atoms with Gasteiger partial charge in [-0.1, -0.05) is 0 Å². The molecule has 0 aliphatic carbocycles. The number of aromatic nitrogens is 2. The molecule has 17 heavy (non-hydrogen) atoms. The predicted molar refractivity (Wildman–Crippen MR) is 67.2 cm³/mol. The van der Waals surface area contributed by atoms with E-state index in [0.29, 0.717) is 6.54 Å². The second kappa shape index (κ2) is 5.42. The summed E-state index contributed by atoms with van der Waals surface area (Å²) in [6.45, 7) is 6.31. The Bertz CT molecular complexity index is 426. The normalized spacial score (nSPS) is 13.7. The van der Waals surface area contributed by atoms with Crippen LogP contribution in [0.4, 0.5) is 0 Å². The van der Waals surface area contributed by atoms with Gasteiger partial charge in [0, 0.05) is 25.4 Å². The first-order valence-electron chi connectivity index (χ1n) is 5.66. The van der Waals surface area contributed by atoms with Crippen LogP contribution in [0.3, 0.4) is 0 Å². The molecule has 1 aromatic rings. The molecule has 0 saturated heterocycles. The average Bonchev–Trinajstić information content (AvgIpc) is 2.27. The standard InChI is InChI=1S/C12H21N3O2/c1-9-6-11(16)15(8-14-9)7-10(13-4)12(2,3)17-5/h6,8,10,13H,7H2,1-5H3. The van der Waals surface area contributed by atoms with Crippen molar-refractivity contribution in [3.8, 4) is 0 Å². The summed E-state index contributed by atoms with van der Waals surface area (Å²) in [6.07, 6.45) is 1.58. The van der Waals surface area contributed by atoms with Crippen LogP contribution in [0.2, 0.25) is 0 Å². The van der Waals surface area contributed by atoms with Crippen LogP contribution in [-0.4, -0.2) is 35.4 Å². The molecule has 1 heterocycles. The van der Waals surface area contributed by atoms with E-state index in [9.17, 15) is 4.79 Å². The minimum Gasteiger partial charge on any atom is -0.377 e. The molecule has 1 unspecified atom stereocenters. The van der Waals surface area contributed by atoms with E-state index in [1.54, 1.807) is 24.9 Å². The number of rotatable bonds is 5. The molecule has 0 aliphatic heterocycles. The van der Waals surface area contributed by atoms with Gasteiger partial charge in [-0.05, 0) is 27.8 Å². The molecule has 0 aliphatic rings. The van der Waals surface area contributed by atoms with Gasteiger partial charge in [-0.25, -0.2) is 4.98 Å². The van der Waals surface area contributed by atoms with Crippen LogP contribution in [0.5, 0.6) is 0 Å². The van der Waals surface area contributed by atoms with Gasteiger partial charge in [0.2, 0.25) is 0 Å². The second-order valence-corrected chi connectivity index (χ2v) is 4.67. The van der Waals surface area contributed by atoms with Crippen molar-refractivity contribution in [2.75, 3.05) is 14.2 Å². The minimum absolute atomic E-state index is 0.0368. The van der Waals surface area contributed by atoms with Crippen molar-refractivity contribution in [2.24, 2.45) is 0 Å². The van der Waals surface area contributed by atoms with Crippen LogP contribution < -0.4 is 10.9 Å². The van der Waals surface area contributed by atoms with Gasteiger partial charge in [-0.3, -0.25) is 9.36 Å². The summed E-state index contributed by atoms with van der Waals surface area (Å²) in [5.41, 5.74) is 0.349. The summed E-state index contributed by atoms with van der Waals surface area (Å²) in [4.78, 5) is 15.9. The Morgan fingerprint density at radius 1 is 1.59 bits per heavy atom. The zero-order chi connectivity index (χ0) is 13.1. The number of nitrogens with zero attached hydrogens (tertiary/aromatic N) is 2. The van der Waals surface area contributed by atoms with Crippen molar-refractivity contribution in [3.63, 3.8) is 0 Å². The van der Waals surface area contributed by atoms with Gasteiger partial charge < -0.3 is 10.1 Å². The topological polar surface area (TPSA) is 56.2 Å². The first-order valence-corrected chi connectivity index (χ1v) is 5.66. The third-order valence-electron chi connectivity index (χ3n) is 3.11. The first kappa shape index (κ1) is 13.9. The Hall–Kier alpha value is -1.20.